The quantitative estimate of drug-likeness (QED) is 0.285. The molecular weight excluding hydrogens is 334 g/mol. The van der Waals surface area contributed by atoms with E-state index in [-0.39, 0.29) is 10.8 Å². The number of carboxylic acid groups (broad SMARTS) is 1. The molecule has 1 aromatic rings. The topological polar surface area (TPSA) is 124 Å². The summed E-state index contributed by atoms with van der Waals surface area (Å²) in [4.78, 5) is 32.2. The summed E-state index contributed by atoms with van der Waals surface area (Å²) < 4.78 is 5.14. The molecule has 1 heterocycles. The first-order valence-electron chi connectivity index (χ1n) is 7.66. The van der Waals surface area contributed by atoms with Crippen molar-refractivity contribution in [1.82, 2.24) is 4.98 Å². The summed E-state index contributed by atoms with van der Waals surface area (Å²) in [6.45, 7) is 5.31. The SMILES string of the molecule is CCCCCCOC(=O)C(C)(C)ON=C(C(=O)O)c1csc(N)n1. The molecule has 0 saturated heterocycles. The number of anilines is 1. The number of rotatable bonds is 10. The van der Waals surface area contributed by atoms with Crippen molar-refractivity contribution >= 4 is 34.1 Å². The van der Waals surface area contributed by atoms with E-state index in [4.69, 9.17) is 15.3 Å². The second kappa shape index (κ2) is 9.21. The number of thiazole rings is 1. The number of esters is 1. The van der Waals surface area contributed by atoms with Gasteiger partial charge in [-0.1, -0.05) is 31.3 Å². The predicted octanol–water partition coefficient (Wildman–Crippen LogP) is 2.43. The fraction of sp³-hybridized carbons (Fsp3) is 0.600. The number of ether oxygens (including phenoxy) is 1. The van der Waals surface area contributed by atoms with E-state index in [1.807, 2.05) is 0 Å². The molecule has 0 fully saturated rings. The maximum Gasteiger partial charge on any atom is 0.360 e. The van der Waals surface area contributed by atoms with Gasteiger partial charge in [0.25, 0.3) is 0 Å². The fourth-order valence-corrected chi connectivity index (χ4v) is 2.20. The smallest absolute Gasteiger partial charge is 0.360 e. The normalized spacial score (nSPS) is 12.0. The van der Waals surface area contributed by atoms with Gasteiger partial charge in [-0.05, 0) is 20.3 Å². The summed E-state index contributed by atoms with van der Waals surface area (Å²) in [5.74, 6) is -1.94. The molecule has 8 nitrogen and oxygen atoms in total. The third-order valence-corrected chi connectivity index (χ3v) is 3.73. The van der Waals surface area contributed by atoms with Crippen molar-refractivity contribution < 1.29 is 24.3 Å². The van der Waals surface area contributed by atoms with Crippen molar-refractivity contribution in [2.75, 3.05) is 12.3 Å². The van der Waals surface area contributed by atoms with Crippen LogP contribution in [0.1, 0.15) is 52.1 Å². The average Bonchev–Trinajstić information content (AvgIpc) is 2.92. The van der Waals surface area contributed by atoms with Gasteiger partial charge in [0.05, 0.1) is 6.61 Å². The lowest BCUT2D eigenvalue weighted by atomic mass is 10.1. The number of carboxylic acids is 1. The van der Waals surface area contributed by atoms with Crippen LogP contribution in [0.2, 0.25) is 0 Å². The van der Waals surface area contributed by atoms with Crippen molar-refractivity contribution in [1.29, 1.82) is 0 Å². The largest absolute Gasteiger partial charge is 0.476 e. The molecule has 24 heavy (non-hydrogen) atoms. The van der Waals surface area contributed by atoms with Crippen molar-refractivity contribution in [3.05, 3.63) is 11.1 Å². The van der Waals surface area contributed by atoms with Crippen LogP contribution in [0.5, 0.6) is 0 Å². The summed E-state index contributed by atoms with van der Waals surface area (Å²) in [7, 11) is 0. The van der Waals surface area contributed by atoms with Crippen LogP contribution in [0.25, 0.3) is 0 Å². The highest BCUT2D eigenvalue weighted by Gasteiger charge is 2.33. The summed E-state index contributed by atoms with van der Waals surface area (Å²) in [5, 5.41) is 14.4. The van der Waals surface area contributed by atoms with Crippen molar-refractivity contribution in [3.63, 3.8) is 0 Å². The predicted molar refractivity (Wildman–Crippen MR) is 91.0 cm³/mol. The van der Waals surface area contributed by atoms with E-state index >= 15 is 0 Å². The lowest BCUT2D eigenvalue weighted by Crippen LogP contribution is -2.36. The Bertz CT molecular complexity index is 598. The number of hydrogen-bond donors (Lipinski definition) is 2. The van der Waals surface area contributed by atoms with Crippen LogP contribution in [0.4, 0.5) is 5.13 Å². The molecule has 0 aliphatic carbocycles. The minimum absolute atomic E-state index is 0.0775. The highest BCUT2D eigenvalue weighted by molar-refractivity contribution is 7.13. The second-order valence-electron chi connectivity index (χ2n) is 5.61. The number of unbranched alkanes of at least 4 members (excludes halogenated alkanes) is 3. The Balaban J connectivity index is 2.66. The van der Waals surface area contributed by atoms with Gasteiger partial charge < -0.3 is 20.4 Å². The Kier molecular flexibility index (Phi) is 7.63. The third-order valence-electron chi connectivity index (χ3n) is 3.05. The Morgan fingerprint density at radius 3 is 2.62 bits per heavy atom. The van der Waals surface area contributed by atoms with E-state index < -0.39 is 23.3 Å². The lowest BCUT2D eigenvalue weighted by Gasteiger charge is -2.20. The number of hydrogen-bond acceptors (Lipinski definition) is 8. The first-order chi connectivity index (χ1) is 11.3. The summed E-state index contributed by atoms with van der Waals surface area (Å²) in [5.41, 5.74) is 3.72. The fourth-order valence-electron chi connectivity index (χ4n) is 1.66. The number of aliphatic carboxylic acids is 1. The first-order valence-corrected chi connectivity index (χ1v) is 8.54. The molecule has 0 unspecified atom stereocenters. The third kappa shape index (κ3) is 6.15. The van der Waals surface area contributed by atoms with E-state index in [9.17, 15) is 14.7 Å². The minimum atomic E-state index is -1.41. The number of carbonyl (C=O) groups is 2. The van der Waals surface area contributed by atoms with E-state index in [1.54, 1.807) is 0 Å². The zero-order valence-corrected chi connectivity index (χ0v) is 14.9. The Hall–Kier alpha value is -2.16. The summed E-state index contributed by atoms with van der Waals surface area (Å²) in [6, 6.07) is 0. The highest BCUT2D eigenvalue weighted by Crippen LogP contribution is 2.16. The van der Waals surface area contributed by atoms with E-state index in [2.05, 4.69) is 17.1 Å². The minimum Gasteiger partial charge on any atom is -0.476 e. The van der Waals surface area contributed by atoms with Crippen LogP contribution in [0.15, 0.2) is 10.5 Å². The van der Waals surface area contributed by atoms with Crippen molar-refractivity contribution in [2.24, 2.45) is 5.16 Å². The molecule has 0 aromatic carbocycles. The van der Waals surface area contributed by atoms with Crippen LogP contribution in [-0.2, 0) is 19.2 Å². The van der Waals surface area contributed by atoms with Crippen LogP contribution in [0.3, 0.4) is 0 Å². The zero-order valence-electron chi connectivity index (χ0n) is 14.1. The number of nitrogen functional groups attached to an aromatic ring is 1. The van der Waals surface area contributed by atoms with Gasteiger partial charge in [0.15, 0.2) is 5.13 Å². The van der Waals surface area contributed by atoms with Gasteiger partial charge in [-0.2, -0.15) is 0 Å². The molecule has 0 atom stereocenters. The molecule has 9 heteroatoms. The number of oxime groups is 1. The van der Waals surface area contributed by atoms with Crippen LogP contribution >= 0.6 is 11.3 Å². The standard InChI is InChI=1S/C15H23N3O5S/c1-4-5-6-7-8-22-13(21)15(2,3)23-18-11(12(19)20)10-9-24-14(16)17-10/h9H,4-8H2,1-3H3,(H2,16,17)(H,19,20). The van der Waals surface area contributed by atoms with Crippen molar-refractivity contribution in [3.8, 4) is 0 Å². The van der Waals surface area contributed by atoms with E-state index in [0.717, 1.165) is 37.0 Å². The molecule has 3 N–H and O–H groups in total. The van der Waals surface area contributed by atoms with Gasteiger partial charge >= 0.3 is 11.9 Å². The van der Waals surface area contributed by atoms with Gasteiger partial charge in [0, 0.05) is 5.38 Å². The molecule has 0 radical (unpaired) electrons. The van der Waals surface area contributed by atoms with Crippen molar-refractivity contribution in [2.45, 2.75) is 52.1 Å². The summed E-state index contributed by atoms with van der Waals surface area (Å²) in [6.07, 6.45) is 3.94. The Labute approximate surface area is 144 Å². The monoisotopic (exact) mass is 357 g/mol. The molecule has 0 aliphatic heterocycles. The van der Waals surface area contributed by atoms with Gasteiger partial charge in [-0.15, -0.1) is 11.3 Å². The molecule has 0 spiro atoms. The summed E-state index contributed by atoms with van der Waals surface area (Å²) >= 11 is 1.08. The van der Waals surface area contributed by atoms with Crippen LogP contribution in [-0.4, -0.2) is 39.9 Å². The highest BCUT2D eigenvalue weighted by atomic mass is 32.1. The second-order valence-corrected chi connectivity index (χ2v) is 6.50. The molecule has 0 saturated carbocycles. The van der Waals surface area contributed by atoms with Crippen LogP contribution in [0, 0.1) is 0 Å². The van der Waals surface area contributed by atoms with Gasteiger partial charge in [0.1, 0.15) is 5.69 Å². The van der Waals surface area contributed by atoms with E-state index in [1.165, 1.54) is 19.2 Å². The van der Waals surface area contributed by atoms with Gasteiger partial charge in [0.2, 0.25) is 11.3 Å². The molecule has 0 amide bonds. The van der Waals surface area contributed by atoms with Crippen LogP contribution < -0.4 is 5.73 Å². The number of nitrogens with zero attached hydrogens (tertiary/aromatic N) is 2. The molecule has 134 valence electrons. The maximum atomic E-state index is 12.0. The molecular formula is C15H23N3O5S. The molecule has 1 rings (SSSR count). The zero-order chi connectivity index (χ0) is 18.2. The molecule has 1 aromatic heterocycles. The maximum absolute atomic E-state index is 12.0. The molecule has 0 bridgehead atoms. The average molecular weight is 357 g/mol. The van der Waals surface area contributed by atoms with Gasteiger partial charge in [-0.25, -0.2) is 14.6 Å². The Morgan fingerprint density at radius 1 is 1.38 bits per heavy atom. The van der Waals surface area contributed by atoms with E-state index in [0.29, 0.717) is 6.61 Å². The number of aromatic nitrogens is 1. The number of nitrogens with two attached hydrogens (primary N) is 1. The first kappa shape index (κ1) is 19.9. The Morgan fingerprint density at radius 2 is 2.08 bits per heavy atom. The number of carbonyl (C=O) groups excluding carboxylic acids is 1. The lowest BCUT2D eigenvalue weighted by molar-refractivity contribution is -0.168. The van der Waals surface area contributed by atoms with Gasteiger partial charge in [-0.3, -0.25) is 0 Å². The molecule has 0 aliphatic rings.